The number of aliphatic hydroxyl groups is 1. The number of alkyl halides is 3. The van der Waals surface area contributed by atoms with Crippen molar-refractivity contribution in [2.75, 3.05) is 13.1 Å². The zero-order valence-electron chi connectivity index (χ0n) is 16.8. The molecule has 1 N–H and O–H groups in total. The van der Waals surface area contributed by atoms with E-state index >= 15 is 0 Å². The smallest absolute Gasteiger partial charge is 0.417 e. The van der Waals surface area contributed by atoms with Crippen LogP contribution in [0.5, 0.6) is 5.88 Å². The van der Waals surface area contributed by atoms with Crippen LogP contribution in [0, 0.1) is 11.3 Å². The molecule has 5 nitrogen and oxygen atoms in total. The minimum absolute atomic E-state index is 0.0507. The Morgan fingerprint density at radius 2 is 1.79 bits per heavy atom. The molecule has 1 aromatic heterocycles. The summed E-state index contributed by atoms with van der Waals surface area (Å²) in [5.41, 5.74) is -1.82. The molecule has 2 saturated carbocycles. The average molecular weight is 412 g/mol. The number of likely N-dealkylation sites (tertiary alicyclic amines) is 1. The zero-order chi connectivity index (χ0) is 21.1. The van der Waals surface area contributed by atoms with Gasteiger partial charge in [-0.15, -0.1) is 0 Å². The molecule has 2 heterocycles. The summed E-state index contributed by atoms with van der Waals surface area (Å²) in [7, 11) is 0. The van der Waals surface area contributed by atoms with E-state index in [1.807, 2.05) is 11.8 Å². The Labute approximate surface area is 168 Å². The topological polar surface area (TPSA) is 62.7 Å². The minimum atomic E-state index is -4.41. The standard InChI is InChI=1S/C21H27F3N2O3/c1-18(28)9-14(10-18)17(27)26-12-20(13-26)7-5-19(2,6-8-20)29-16-4-3-15(11-25-16)21(22,23)24/h3-4,11,14,28H,5-10,12-13H2,1-2H3/t14-,18+. The van der Waals surface area contributed by atoms with Gasteiger partial charge in [0.15, 0.2) is 0 Å². The second-order valence-corrected chi connectivity index (χ2v) is 9.73. The number of rotatable bonds is 3. The second-order valence-electron chi connectivity index (χ2n) is 9.73. The van der Waals surface area contributed by atoms with Crippen molar-refractivity contribution in [1.29, 1.82) is 0 Å². The number of pyridine rings is 1. The molecule has 0 unspecified atom stereocenters. The van der Waals surface area contributed by atoms with Crippen LogP contribution in [0.4, 0.5) is 13.2 Å². The maximum atomic E-state index is 12.7. The first-order valence-electron chi connectivity index (χ1n) is 10.1. The Kier molecular flexibility index (Phi) is 4.64. The third-order valence-electron chi connectivity index (χ3n) is 6.87. The van der Waals surface area contributed by atoms with Crippen LogP contribution in [0.25, 0.3) is 0 Å². The molecular formula is C21H27F3N2O3. The van der Waals surface area contributed by atoms with E-state index in [1.165, 1.54) is 6.07 Å². The number of aromatic nitrogens is 1. The number of hydrogen-bond acceptors (Lipinski definition) is 4. The van der Waals surface area contributed by atoms with Crippen molar-refractivity contribution >= 4 is 5.91 Å². The van der Waals surface area contributed by atoms with Crippen molar-refractivity contribution in [3.8, 4) is 5.88 Å². The van der Waals surface area contributed by atoms with Crippen LogP contribution in [0.15, 0.2) is 18.3 Å². The van der Waals surface area contributed by atoms with E-state index in [1.54, 1.807) is 6.92 Å². The van der Waals surface area contributed by atoms with Crippen molar-refractivity contribution in [3.63, 3.8) is 0 Å². The van der Waals surface area contributed by atoms with Gasteiger partial charge >= 0.3 is 6.18 Å². The minimum Gasteiger partial charge on any atom is -0.471 e. The molecule has 0 atom stereocenters. The molecule has 0 aromatic carbocycles. The highest BCUT2D eigenvalue weighted by Gasteiger charge is 2.53. The molecule has 0 radical (unpaired) electrons. The summed E-state index contributed by atoms with van der Waals surface area (Å²) in [5.74, 6) is 0.310. The van der Waals surface area contributed by atoms with Crippen LogP contribution >= 0.6 is 0 Å². The lowest BCUT2D eigenvalue weighted by Crippen LogP contribution is -2.63. The summed E-state index contributed by atoms with van der Waals surface area (Å²) in [5, 5.41) is 9.84. The van der Waals surface area contributed by atoms with Gasteiger partial charge in [0.1, 0.15) is 5.60 Å². The fourth-order valence-electron chi connectivity index (χ4n) is 4.94. The number of amides is 1. The summed E-state index contributed by atoms with van der Waals surface area (Å²) in [6.07, 6.45) is 0.854. The fourth-order valence-corrected chi connectivity index (χ4v) is 4.94. The third-order valence-corrected chi connectivity index (χ3v) is 6.87. The quantitative estimate of drug-likeness (QED) is 0.820. The Balaban J connectivity index is 1.28. The number of carbonyl (C=O) groups excluding carboxylic acids is 1. The molecule has 3 fully saturated rings. The molecule has 1 saturated heterocycles. The average Bonchev–Trinajstić information content (AvgIpc) is 2.57. The van der Waals surface area contributed by atoms with Gasteiger partial charge in [-0.3, -0.25) is 4.79 Å². The SMILES string of the molecule is CC1(Oc2ccc(C(F)(F)F)cn2)CCC2(CC1)CN(C(=O)[C@H]1C[C@@](C)(O)C1)C2. The van der Waals surface area contributed by atoms with Gasteiger partial charge in [-0.25, -0.2) is 4.98 Å². The summed E-state index contributed by atoms with van der Waals surface area (Å²) in [4.78, 5) is 18.2. The van der Waals surface area contributed by atoms with Crippen LogP contribution in [-0.2, 0) is 11.0 Å². The second kappa shape index (κ2) is 6.59. The summed E-state index contributed by atoms with van der Waals surface area (Å²) >= 11 is 0. The zero-order valence-corrected chi connectivity index (χ0v) is 16.8. The Morgan fingerprint density at radius 1 is 1.17 bits per heavy atom. The molecule has 1 aliphatic heterocycles. The fraction of sp³-hybridized carbons (Fsp3) is 0.714. The maximum absolute atomic E-state index is 12.7. The Hall–Kier alpha value is -1.83. The van der Waals surface area contributed by atoms with Crippen LogP contribution in [0.2, 0.25) is 0 Å². The van der Waals surface area contributed by atoms with Crippen molar-refractivity contribution < 1.29 is 27.8 Å². The van der Waals surface area contributed by atoms with Gasteiger partial charge in [0, 0.05) is 36.7 Å². The van der Waals surface area contributed by atoms with Crippen LogP contribution in [-0.4, -0.2) is 45.2 Å². The van der Waals surface area contributed by atoms with E-state index in [-0.39, 0.29) is 23.1 Å². The molecule has 1 spiro atoms. The lowest BCUT2D eigenvalue weighted by molar-refractivity contribution is -0.165. The van der Waals surface area contributed by atoms with Crippen molar-refractivity contribution in [2.24, 2.45) is 11.3 Å². The lowest BCUT2D eigenvalue weighted by atomic mass is 9.63. The van der Waals surface area contributed by atoms with Crippen molar-refractivity contribution in [1.82, 2.24) is 9.88 Å². The van der Waals surface area contributed by atoms with Crippen LogP contribution in [0.1, 0.15) is 57.9 Å². The van der Waals surface area contributed by atoms with Gasteiger partial charge in [0.25, 0.3) is 0 Å². The lowest BCUT2D eigenvalue weighted by Gasteiger charge is -2.56. The molecule has 8 heteroatoms. The van der Waals surface area contributed by atoms with Crippen LogP contribution in [0.3, 0.4) is 0 Å². The highest BCUT2D eigenvalue weighted by molar-refractivity contribution is 5.81. The number of carbonyl (C=O) groups is 1. The largest absolute Gasteiger partial charge is 0.471 e. The molecule has 29 heavy (non-hydrogen) atoms. The monoisotopic (exact) mass is 412 g/mol. The number of ether oxygens (including phenoxy) is 1. The van der Waals surface area contributed by atoms with Gasteiger partial charge < -0.3 is 14.7 Å². The van der Waals surface area contributed by atoms with Crippen LogP contribution < -0.4 is 4.74 Å². The van der Waals surface area contributed by atoms with Crippen molar-refractivity contribution in [3.05, 3.63) is 23.9 Å². The molecule has 1 amide bonds. The summed E-state index contributed by atoms with van der Waals surface area (Å²) in [6.45, 7) is 5.23. The van der Waals surface area contributed by atoms with Gasteiger partial charge in [-0.2, -0.15) is 13.2 Å². The van der Waals surface area contributed by atoms with E-state index < -0.39 is 22.9 Å². The number of hydrogen-bond donors (Lipinski definition) is 1. The van der Waals surface area contributed by atoms with E-state index in [4.69, 9.17) is 4.74 Å². The van der Waals surface area contributed by atoms with E-state index in [9.17, 15) is 23.1 Å². The molecule has 0 bridgehead atoms. The van der Waals surface area contributed by atoms with Crippen molar-refractivity contribution in [2.45, 2.75) is 69.8 Å². The number of halogens is 3. The molecular weight excluding hydrogens is 385 g/mol. The van der Waals surface area contributed by atoms with Gasteiger partial charge in [-0.1, -0.05) is 0 Å². The predicted molar refractivity (Wildman–Crippen MR) is 99.1 cm³/mol. The van der Waals surface area contributed by atoms with Gasteiger partial charge in [0.2, 0.25) is 11.8 Å². The Bertz CT molecular complexity index is 767. The highest BCUT2D eigenvalue weighted by Crippen LogP contribution is 2.49. The molecule has 4 rings (SSSR count). The third kappa shape index (κ3) is 4.09. The van der Waals surface area contributed by atoms with E-state index in [2.05, 4.69) is 4.98 Å². The first-order valence-corrected chi connectivity index (χ1v) is 10.1. The summed E-state index contributed by atoms with van der Waals surface area (Å²) in [6, 6.07) is 2.26. The van der Waals surface area contributed by atoms with Gasteiger partial charge in [0.05, 0.1) is 11.2 Å². The maximum Gasteiger partial charge on any atom is 0.417 e. The normalized spacial score (nSPS) is 30.4. The van der Waals surface area contributed by atoms with Gasteiger partial charge in [-0.05, 0) is 58.4 Å². The number of nitrogens with zero attached hydrogens (tertiary/aromatic N) is 2. The molecule has 1 aromatic rings. The predicted octanol–water partition coefficient (Wildman–Crippen LogP) is 3.80. The van der Waals surface area contributed by atoms with E-state index in [0.717, 1.165) is 51.0 Å². The van der Waals surface area contributed by atoms with E-state index in [0.29, 0.717) is 12.8 Å². The molecule has 160 valence electrons. The molecule has 2 aliphatic carbocycles. The highest BCUT2D eigenvalue weighted by atomic mass is 19.4. The molecule has 3 aliphatic rings. The first-order chi connectivity index (χ1) is 13.4. The Morgan fingerprint density at radius 3 is 2.28 bits per heavy atom. The first kappa shape index (κ1) is 20.4. The summed E-state index contributed by atoms with van der Waals surface area (Å²) < 4.78 is 43.9.